The van der Waals surface area contributed by atoms with E-state index in [1.807, 2.05) is 12.3 Å². The Morgan fingerprint density at radius 2 is 1.66 bits per heavy atom. The summed E-state index contributed by atoms with van der Waals surface area (Å²) in [5, 5.41) is 10.8. The Kier molecular flexibility index (Phi) is 8.04. The van der Waals surface area contributed by atoms with Gasteiger partial charge in [0.05, 0.1) is 6.61 Å². The van der Waals surface area contributed by atoms with Gasteiger partial charge in [-0.25, -0.2) is 0 Å². The van der Waals surface area contributed by atoms with Crippen LogP contribution < -0.4 is 0 Å². The summed E-state index contributed by atoms with van der Waals surface area (Å²) in [5.74, 6) is 0.425. The van der Waals surface area contributed by atoms with Crippen LogP contribution in [0.2, 0.25) is 0 Å². The molecule has 0 atom stereocenters. The van der Waals surface area contributed by atoms with Gasteiger partial charge in [0.25, 0.3) is 0 Å². The molecule has 0 radical (unpaired) electrons. The molecule has 0 bridgehead atoms. The van der Waals surface area contributed by atoms with Crippen molar-refractivity contribution in [2.45, 2.75) is 78.2 Å². The maximum absolute atomic E-state index is 10.8. The van der Waals surface area contributed by atoms with E-state index >= 15 is 0 Å². The number of allylic oxidation sites excluding steroid dienone is 1. The summed E-state index contributed by atoms with van der Waals surface area (Å²) in [6.45, 7) is 14.2. The third kappa shape index (κ3) is 7.32. The maximum atomic E-state index is 10.8. The molecule has 0 saturated heterocycles. The van der Waals surface area contributed by atoms with Gasteiger partial charge in [-0.3, -0.25) is 4.98 Å². The molecule has 1 N–H and O–H groups in total. The molecule has 0 saturated carbocycles. The molecule has 0 aliphatic heterocycles. The quantitative estimate of drug-likeness (QED) is 0.501. The molecule has 2 rings (SSSR count). The number of aromatic hydroxyl groups is 1. The predicted molar refractivity (Wildman–Crippen MR) is 122 cm³/mol. The third-order valence-corrected chi connectivity index (χ3v) is 4.96. The van der Waals surface area contributed by atoms with Gasteiger partial charge in [-0.15, -0.1) is 0 Å². The highest BCUT2D eigenvalue weighted by Crippen LogP contribution is 2.39. The van der Waals surface area contributed by atoms with Gasteiger partial charge in [0.2, 0.25) is 0 Å². The average Bonchev–Trinajstić information content (AvgIpc) is 2.64. The van der Waals surface area contributed by atoms with E-state index in [1.54, 1.807) is 6.20 Å². The molecule has 29 heavy (non-hydrogen) atoms. The topological polar surface area (TPSA) is 42.4 Å². The smallest absolute Gasteiger partial charge is 0.123 e. The molecule has 0 unspecified atom stereocenters. The molecule has 0 amide bonds. The van der Waals surface area contributed by atoms with Gasteiger partial charge < -0.3 is 9.84 Å². The second-order valence-electron chi connectivity index (χ2n) is 9.78. The fraction of sp³-hybridized carbons (Fsp3) is 0.500. The second kappa shape index (κ2) is 10.1. The van der Waals surface area contributed by atoms with Crippen molar-refractivity contribution in [2.24, 2.45) is 0 Å². The number of pyridine rings is 1. The zero-order valence-electron chi connectivity index (χ0n) is 19.0. The van der Waals surface area contributed by atoms with Crippen LogP contribution in [0.4, 0.5) is 0 Å². The summed E-state index contributed by atoms with van der Waals surface area (Å²) in [6, 6.07) is 8.21. The lowest BCUT2D eigenvalue weighted by molar-refractivity contribution is 0.117. The Morgan fingerprint density at radius 3 is 2.21 bits per heavy atom. The van der Waals surface area contributed by atoms with E-state index in [4.69, 9.17) is 4.74 Å². The number of rotatable bonds is 8. The average molecular weight is 396 g/mol. The zero-order valence-corrected chi connectivity index (χ0v) is 19.0. The molecule has 0 spiro atoms. The highest BCUT2D eigenvalue weighted by atomic mass is 16.5. The molecule has 1 aromatic heterocycles. The summed E-state index contributed by atoms with van der Waals surface area (Å²) in [4.78, 5) is 4.11. The molecule has 0 aliphatic rings. The SMILES string of the molecule is CC(C)(C)c1cc(COCCCC/C=C\c2cccnc2)cc(C(C)(C)C)c1O. The molecule has 3 nitrogen and oxygen atoms in total. The standard InChI is InChI=1S/C26H37NO2/c1-25(2,3)22-16-21(17-23(24(22)28)26(4,5)6)19-29-15-10-8-7-9-12-20-13-11-14-27-18-20/h9,11-14,16-18,28H,7-8,10,15,19H2,1-6H3/b12-9-. The normalized spacial score (nSPS) is 12.6. The number of aromatic nitrogens is 1. The van der Waals surface area contributed by atoms with Gasteiger partial charge in [0.1, 0.15) is 5.75 Å². The van der Waals surface area contributed by atoms with Crippen LogP contribution >= 0.6 is 0 Å². The number of nitrogens with zero attached hydrogens (tertiary/aromatic N) is 1. The highest BCUT2D eigenvalue weighted by molar-refractivity contribution is 5.50. The van der Waals surface area contributed by atoms with Crippen molar-refractivity contribution in [1.82, 2.24) is 4.98 Å². The van der Waals surface area contributed by atoms with Crippen molar-refractivity contribution in [3.05, 3.63) is 65.0 Å². The Labute approximate surface area is 176 Å². The first-order valence-corrected chi connectivity index (χ1v) is 10.6. The van der Waals surface area contributed by atoms with Crippen LogP contribution in [-0.2, 0) is 22.2 Å². The lowest BCUT2D eigenvalue weighted by atomic mass is 9.78. The summed E-state index contributed by atoms with van der Waals surface area (Å²) in [6.07, 6.45) is 11.2. The predicted octanol–water partition coefficient (Wildman–Crippen LogP) is 6.78. The zero-order chi connectivity index (χ0) is 21.5. The fourth-order valence-electron chi connectivity index (χ4n) is 3.27. The first-order chi connectivity index (χ1) is 13.6. The Balaban J connectivity index is 1.86. The number of ether oxygens (including phenoxy) is 1. The van der Waals surface area contributed by atoms with Gasteiger partial charge in [-0.2, -0.15) is 0 Å². The lowest BCUT2D eigenvalue weighted by Crippen LogP contribution is -2.18. The minimum atomic E-state index is -0.110. The van der Waals surface area contributed by atoms with E-state index in [1.165, 1.54) is 0 Å². The number of benzene rings is 1. The number of hydrogen-bond acceptors (Lipinski definition) is 3. The Morgan fingerprint density at radius 1 is 1.00 bits per heavy atom. The van der Waals surface area contributed by atoms with Gasteiger partial charge >= 0.3 is 0 Å². The van der Waals surface area contributed by atoms with Crippen molar-refractivity contribution in [2.75, 3.05) is 6.61 Å². The number of unbranched alkanes of at least 4 members (excludes halogenated alkanes) is 2. The van der Waals surface area contributed by atoms with Crippen LogP contribution in [0.5, 0.6) is 5.75 Å². The third-order valence-electron chi connectivity index (χ3n) is 4.96. The van der Waals surface area contributed by atoms with Gasteiger partial charge in [0, 0.05) is 19.0 Å². The van der Waals surface area contributed by atoms with E-state index in [0.717, 1.165) is 48.1 Å². The van der Waals surface area contributed by atoms with E-state index in [2.05, 4.69) is 76.9 Å². The van der Waals surface area contributed by atoms with Gasteiger partial charge in [-0.1, -0.05) is 59.8 Å². The number of phenolic OH excluding ortho intramolecular Hbond substituents is 1. The van der Waals surface area contributed by atoms with Crippen LogP contribution in [0.15, 0.2) is 42.7 Å². The van der Waals surface area contributed by atoms with Crippen molar-refractivity contribution < 1.29 is 9.84 Å². The van der Waals surface area contributed by atoms with Crippen LogP contribution in [0.25, 0.3) is 6.08 Å². The van der Waals surface area contributed by atoms with Crippen LogP contribution in [-0.4, -0.2) is 16.7 Å². The molecule has 3 heteroatoms. The minimum absolute atomic E-state index is 0.110. The lowest BCUT2D eigenvalue weighted by Gasteiger charge is -2.28. The monoisotopic (exact) mass is 395 g/mol. The van der Waals surface area contributed by atoms with E-state index in [9.17, 15) is 5.11 Å². The molecule has 1 heterocycles. The van der Waals surface area contributed by atoms with Gasteiger partial charge in [0.15, 0.2) is 0 Å². The van der Waals surface area contributed by atoms with E-state index in [0.29, 0.717) is 12.4 Å². The highest BCUT2D eigenvalue weighted by Gasteiger charge is 2.26. The summed E-state index contributed by atoms with van der Waals surface area (Å²) >= 11 is 0. The summed E-state index contributed by atoms with van der Waals surface area (Å²) in [5.41, 5.74) is 4.03. The van der Waals surface area contributed by atoms with Crippen molar-refractivity contribution >= 4 is 6.08 Å². The van der Waals surface area contributed by atoms with Crippen LogP contribution in [0, 0.1) is 0 Å². The van der Waals surface area contributed by atoms with E-state index < -0.39 is 0 Å². The van der Waals surface area contributed by atoms with Crippen molar-refractivity contribution in [3.63, 3.8) is 0 Å². The molecule has 158 valence electrons. The maximum Gasteiger partial charge on any atom is 0.123 e. The second-order valence-corrected chi connectivity index (χ2v) is 9.78. The van der Waals surface area contributed by atoms with Crippen molar-refractivity contribution in [3.8, 4) is 5.75 Å². The van der Waals surface area contributed by atoms with E-state index in [-0.39, 0.29) is 10.8 Å². The largest absolute Gasteiger partial charge is 0.507 e. The number of phenols is 1. The molecule has 1 aromatic carbocycles. The molecular formula is C26H37NO2. The van der Waals surface area contributed by atoms with Crippen LogP contribution in [0.3, 0.4) is 0 Å². The minimum Gasteiger partial charge on any atom is -0.507 e. The molecular weight excluding hydrogens is 358 g/mol. The number of hydrogen-bond donors (Lipinski definition) is 1. The Bertz CT molecular complexity index is 761. The first-order valence-electron chi connectivity index (χ1n) is 10.6. The first kappa shape index (κ1) is 23.2. The van der Waals surface area contributed by atoms with Gasteiger partial charge in [-0.05, 0) is 70.5 Å². The molecule has 2 aromatic rings. The molecule has 0 aliphatic carbocycles. The fourth-order valence-corrected chi connectivity index (χ4v) is 3.27. The Hall–Kier alpha value is -2.13. The van der Waals surface area contributed by atoms with Crippen LogP contribution in [0.1, 0.15) is 83.1 Å². The summed E-state index contributed by atoms with van der Waals surface area (Å²) in [7, 11) is 0. The van der Waals surface area contributed by atoms with Crippen molar-refractivity contribution in [1.29, 1.82) is 0 Å². The summed E-state index contributed by atoms with van der Waals surface area (Å²) < 4.78 is 5.94. The molecule has 0 fully saturated rings.